The van der Waals surface area contributed by atoms with Crippen LogP contribution in [0.4, 0.5) is 16.6 Å². The number of amides is 2. The molecular formula is C39H53N11O5. The molecule has 3 atom stereocenters. The van der Waals surface area contributed by atoms with Gasteiger partial charge in [0.1, 0.15) is 29.1 Å². The molecule has 7 rings (SSSR count). The van der Waals surface area contributed by atoms with Gasteiger partial charge in [-0.25, -0.2) is 9.48 Å². The van der Waals surface area contributed by atoms with E-state index in [0.29, 0.717) is 36.2 Å². The average Bonchev–Trinajstić information content (AvgIpc) is 3.89. The van der Waals surface area contributed by atoms with Crippen LogP contribution in [0.1, 0.15) is 94.5 Å². The molecule has 294 valence electrons. The first-order chi connectivity index (χ1) is 26.4. The van der Waals surface area contributed by atoms with Crippen molar-refractivity contribution in [2.24, 2.45) is 0 Å². The van der Waals surface area contributed by atoms with Crippen molar-refractivity contribution in [3.05, 3.63) is 77.4 Å². The van der Waals surface area contributed by atoms with Gasteiger partial charge in [-0.1, -0.05) is 45.0 Å². The summed E-state index contributed by atoms with van der Waals surface area (Å²) >= 11 is 0. The summed E-state index contributed by atoms with van der Waals surface area (Å²) in [7, 11) is 4.01. The number of nitrogens with one attached hydrogen (secondary N) is 2. The van der Waals surface area contributed by atoms with Crippen molar-refractivity contribution in [3.63, 3.8) is 0 Å². The van der Waals surface area contributed by atoms with Crippen LogP contribution in [-0.4, -0.2) is 95.0 Å². The van der Waals surface area contributed by atoms with Gasteiger partial charge in [0.15, 0.2) is 5.65 Å². The number of fused-ring (bicyclic) bond motifs is 2. The Hall–Kier alpha value is -5.48. The number of hydrogen-bond acceptors (Lipinski definition) is 10. The molecule has 0 radical (unpaired) electrons. The molecule has 0 saturated carbocycles. The van der Waals surface area contributed by atoms with Crippen molar-refractivity contribution in [1.82, 2.24) is 44.4 Å². The quantitative estimate of drug-likeness (QED) is 0.136. The average molecular weight is 756 g/mol. The maximum Gasteiger partial charge on any atom is 0.320 e. The van der Waals surface area contributed by atoms with E-state index in [1.165, 1.54) is 6.42 Å². The van der Waals surface area contributed by atoms with Gasteiger partial charge in [-0.15, -0.1) is 10.2 Å². The lowest BCUT2D eigenvalue weighted by Crippen LogP contribution is -2.38. The van der Waals surface area contributed by atoms with Gasteiger partial charge in [-0.2, -0.15) is 10.2 Å². The third kappa shape index (κ3) is 8.92. The van der Waals surface area contributed by atoms with Crippen LogP contribution in [0.15, 0.2) is 54.9 Å². The number of urea groups is 1. The van der Waals surface area contributed by atoms with E-state index in [1.54, 1.807) is 9.36 Å². The lowest BCUT2D eigenvalue weighted by atomic mass is 9.85. The molecule has 5 heterocycles. The molecular weight excluding hydrogens is 703 g/mol. The van der Waals surface area contributed by atoms with Gasteiger partial charge in [0.25, 0.3) is 6.47 Å². The van der Waals surface area contributed by atoms with Crippen molar-refractivity contribution in [1.29, 1.82) is 0 Å². The third-order valence-electron chi connectivity index (χ3n) is 10.1. The number of likely N-dealkylation sites (N-methyl/N-ethyl adjacent to an activating group) is 1. The van der Waals surface area contributed by atoms with E-state index < -0.39 is 0 Å². The molecule has 2 aliphatic rings. The highest BCUT2D eigenvalue weighted by Gasteiger charge is 2.31. The summed E-state index contributed by atoms with van der Waals surface area (Å²) in [5, 5.41) is 41.8. The van der Waals surface area contributed by atoms with Crippen LogP contribution in [0.2, 0.25) is 0 Å². The molecule has 16 nitrogen and oxygen atoms in total. The number of hydrogen-bond donors (Lipinski definition) is 4. The summed E-state index contributed by atoms with van der Waals surface area (Å²) in [4.78, 5) is 26.5. The summed E-state index contributed by atoms with van der Waals surface area (Å²) < 4.78 is 12.2. The number of carbonyl (C=O) groups excluding carboxylic acids is 1. The number of benzene rings is 1. The number of anilines is 2. The normalized spacial score (nSPS) is 18.4. The number of carboxylic acid groups (broad SMARTS) is 1. The summed E-state index contributed by atoms with van der Waals surface area (Å²) in [5.74, 6) is 2.10. The van der Waals surface area contributed by atoms with Crippen LogP contribution >= 0.6 is 0 Å². The number of aliphatic hydroxyl groups is 1. The van der Waals surface area contributed by atoms with E-state index in [1.807, 2.05) is 61.2 Å². The Bertz CT molecular complexity index is 2080. The molecule has 55 heavy (non-hydrogen) atoms. The first-order valence-corrected chi connectivity index (χ1v) is 18.8. The molecule has 1 aliphatic carbocycles. The van der Waals surface area contributed by atoms with E-state index in [-0.39, 0.29) is 36.7 Å². The largest absolute Gasteiger partial charge is 0.484 e. The Morgan fingerprint density at radius 2 is 1.80 bits per heavy atom. The predicted octanol–water partition coefficient (Wildman–Crippen LogP) is 5.32. The Kier molecular flexibility index (Phi) is 12.1. The third-order valence-corrected chi connectivity index (χ3v) is 10.1. The molecule has 1 aliphatic heterocycles. The zero-order valence-electron chi connectivity index (χ0n) is 32.5. The van der Waals surface area contributed by atoms with Crippen molar-refractivity contribution < 1.29 is 24.5 Å². The van der Waals surface area contributed by atoms with Gasteiger partial charge < -0.3 is 30.1 Å². The molecule has 4 aromatic heterocycles. The Labute approximate surface area is 321 Å². The SMILES string of the molecule is C[C@H]1CCCCN1c1nnc2ccc(O[C@@H]3CC[C@H](NC(=O)Nc4cc(C(C)(C)C)nn4-c4cn(CCN(C)C)nc4CO)c4ccccc43)cn12.O=CO. The van der Waals surface area contributed by atoms with Crippen molar-refractivity contribution >= 4 is 29.9 Å². The minimum atomic E-state index is -0.344. The molecule has 16 heteroatoms. The zero-order valence-corrected chi connectivity index (χ0v) is 32.5. The monoisotopic (exact) mass is 755 g/mol. The lowest BCUT2D eigenvalue weighted by molar-refractivity contribution is -0.122. The maximum atomic E-state index is 13.7. The molecule has 0 spiro atoms. The Morgan fingerprint density at radius 1 is 1.04 bits per heavy atom. The van der Waals surface area contributed by atoms with Crippen molar-refractivity contribution in [2.75, 3.05) is 37.4 Å². The predicted molar refractivity (Wildman–Crippen MR) is 209 cm³/mol. The van der Waals surface area contributed by atoms with Crippen molar-refractivity contribution in [2.45, 2.75) is 96.6 Å². The van der Waals surface area contributed by atoms with Crippen LogP contribution in [0.3, 0.4) is 0 Å². The van der Waals surface area contributed by atoms with Gasteiger partial charge in [-0.3, -0.25) is 19.2 Å². The summed E-state index contributed by atoms with van der Waals surface area (Å²) in [6, 6.07) is 13.8. The van der Waals surface area contributed by atoms with Crippen LogP contribution < -0.4 is 20.3 Å². The fourth-order valence-electron chi connectivity index (χ4n) is 7.20. The molecule has 5 aromatic rings. The second-order valence-electron chi connectivity index (χ2n) is 15.5. The number of nitrogens with zero attached hydrogens (tertiary/aromatic N) is 9. The molecule has 1 fully saturated rings. The zero-order chi connectivity index (χ0) is 39.3. The van der Waals surface area contributed by atoms with E-state index >= 15 is 0 Å². The highest BCUT2D eigenvalue weighted by atomic mass is 16.5. The van der Waals surface area contributed by atoms with Crippen LogP contribution in [0.5, 0.6) is 5.75 Å². The second kappa shape index (κ2) is 16.9. The number of rotatable bonds is 10. The molecule has 1 aromatic carbocycles. The number of pyridine rings is 1. The number of carbonyl (C=O) groups is 2. The van der Waals surface area contributed by atoms with Gasteiger partial charge >= 0.3 is 6.03 Å². The van der Waals surface area contributed by atoms with Crippen LogP contribution in [-0.2, 0) is 23.4 Å². The smallest absolute Gasteiger partial charge is 0.320 e. The topological polar surface area (TPSA) is 180 Å². The van der Waals surface area contributed by atoms with E-state index in [0.717, 1.165) is 66.5 Å². The van der Waals surface area contributed by atoms with Gasteiger partial charge in [0.2, 0.25) is 5.95 Å². The minimum Gasteiger partial charge on any atom is -0.484 e. The van der Waals surface area contributed by atoms with E-state index in [9.17, 15) is 9.90 Å². The first-order valence-electron chi connectivity index (χ1n) is 18.8. The Balaban J connectivity index is 0.00000166. The lowest BCUT2D eigenvalue weighted by Gasteiger charge is -2.33. The number of aromatic nitrogens is 7. The van der Waals surface area contributed by atoms with Crippen LogP contribution in [0, 0.1) is 0 Å². The standard InChI is InChI=1S/C38H51N11O3.CH2O2/c1-25-11-9-10-18-47(25)37-42-41-34-17-14-26(22-48(34)37)52-32-16-15-29(27-12-7-8-13-28(27)32)39-36(51)40-35-21-33(38(2,3)4)44-49(35)31-23-46(20-19-45(5)6)43-30(31)24-50;2-1-3/h7-8,12-14,17,21-23,25,29,32,50H,9-11,15-16,18-20,24H2,1-6H3,(H2,39,40,51);1H,(H,2,3)/t25-,29-,32+;/m0./s1. The summed E-state index contributed by atoms with van der Waals surface area (Å²) in [6.45, 7) is 10.4. The second-order valence-corrected chi connectivity index (χ2v) is 15.5. The minimum absolute atomic E-state index is 0.180. The Morgan fingerprint density at radius 3 is 2.51 bits per heavy atom. The van der Waals surface area contributed by atoms with Gasteiger partial charge in [0, 0.05) is 30.6 Å². The number of ether oxygens (including phenoxy) is 1. The summed E-state index contributed by atoms with van der Waals surface area (Å²) in [6.07, 6.45) is 8.63. The highest BCUT2D eigenvalue weighted by Crippen LogP contribution is 2.39. The van der Waals surface area contributed by atoms with Crippen LogP contribution in [0.25, 0.3) is 11.3 Å². The fourth-order valence-corrected chi connectivity index (χ4v) is 7.20. The van der Waals surface area contributed by atoms with E-state index in [2.05, 4.69) is 75.6 Å². The molecule has 2 amide bonds. The number of aliphatic hydroxyl groups excluding tert-OH is 1. The molecule has 1 saturated heterocycles. The molecule has 4 N–H and O–H groups in total. The van der Waals surface area contributed by atoms with E-state index in [4.69, 9.17) is 19.7 Å². The highest BCUT2D eigenvalue weighted by molar-refractivity contribution is 5.89. The summed E-state index contributed by atoms with van der Waals surface area (Å²) in [5.41, 5.74) is 4.50. The van der Waals surface area contributed by atoms with Gasteiger partial charge in [0.05, 0.1) is 37.3 Å². The first kappa shape index (κ1) is 39.2. The maximum absolute atomic E-state index is 13.7. The van der Waals surface area contributed by atoms with Gasteiger partial charge in [-0.05, 0) is 76.4 Å². The molecule has 0 unspecified atom stereocenters. The fraction of sp³-hybridized carbons (Fsp3) is 0.487. The van der Waals surface area contributed by atoms with Crippen molar-refractivity contribution in [3.8, 4) is 11.4 Å². The molecule has 0 bridgehead atoms. The number of piperidine rings is 1.